The summed E-state index contributed by atoms with van der Waals surface area (Å²) in [5.41, 5.74) is 1.68. The number of hydrogen-bond acceptors (Lipinski definition) is 4. The Hall–Kier alpha value is -3.13. The summed E-state index contributed by atoms with van der Waals surface area (Å²) >= 11 is 0. The van der Waals surface area contributed by atoms with Crippen molar-refractivity contribution in [1.29, 1.82) is 0 Å². The van der Waals surface area contributed by atoms with Crippen molar-refractivity contribution < 1.29 is 13.2 Å². The summed E-state index contributed by atoms with van der Waals surface area (Å²) in [6, 6.07) is 13.7. The van der Waals surface area contributed by atoms with E-state index in [0.717, 1.165) is 31.4 Å². The molecule has 0 radical (unpaired) electrons. The molecule has 0 aliphatic carbocycles. The molecule has 0 spiro atoms. The molecule has 3 aromatic rings. The molecule has 0 fully saturated rings. The summed E-state index contributed by atoms with van der Waals surface area (Å²) in [5.74, 6) is -0.316. The molecule has 3 rings (SSSR count). The third kappa shape index (κ3) is 8.55. The molecule has 1 amide bonds. The molecule has 0 unspecified atom stereocenters. The van der Waals surface area contributed by atoms with Gasteiger partial charge in [-0.05, 0) is 49.1 Å². The highest BCUT2D eigenvalue weighted by Gasteiger charge is 2.18. The molecule has 0 atom stereocenters. The van der Waals surface area contributed by atoms with Gasteiger partial charge in [0.2, 0.25) is 0 Å². The molecule has 0 bridgehead atoms. The van der Waals surface area contributed by atoms with E-state index in [2.05, 4.69) is 21.9 Å². The minimum absolute atomic E-state index is 0.180. The molecule has 8 heteroatoms. The normalized spacial score (nSPS) is 11.3. The number of unbranched alkanes of at least 4 members (excludes halogenated alkanes) is 5. The van der Waals surface area contributed by atoms with E-state index in [0.29, 0.717) is 12.1 Å². The highest BCUT2D eigenvalue weighted by atomic mass is 32.2. The number of imidazole rings is 1. The van der Waals surface area contributed by atoms with Crippen molar-refractivity contribution in [2.45, 2.75) is 69.7 Å². The van der Waals surface area contributed by atoms with Gasteiger partial charge < -0.3 is 9.88 Å². The molecule has 7 nitrogen and oxygen atoms in total. The van der Waals surface area contributed by atoms with Crippen LogP contribution in [0.1, 0.15) is 67.8 Å². The van der Waals surface area contributed by atoms with E-state index in [1.807, 2.05) is 22.9 Å². The Morgan fingerprint density at radius 3 is 2.43 bits per heavy atom. The topological polar surface area (TPSA) is 93.1 Å². The van der Waals surface area contributed by atoms with Crippen molar-refractivity contribution in [2.75, 3.05) is 11.3 Å². The second kappa shape index (κ2) is 13.7. The van der Waals surface area contributed by atoms with E-state index in [-0.39, 0.29) is 16.5 Å². The molecule has 188 valence electrons. The van der Waals surface area contributed by atoms with Crippen LogP contribution in [-0.2, 0) is 23.0 Å². The number of hydrogen-bond donors (Lipinski definition) is 2. The van der Waals surface area contributed by atoms with Gasteiger partial charge in [-0.15, -0.1) is 0 Å². The standard InChI is InChI=1S/C27H36N4O3S/c1-2-3-4-5-6-7-11-23-14-16-24(17-15-23)35(33,34)30-26-13-9-8-12-25(26)27(32)29-18-10-20-31-21-19-28-22-31/h8-9,12-17,19,21-22,30H,2-7,10-11,18,20H2,1H3,(H,29,32). The van der Waals surface area contributed by atoms with Crippen LogP contribution in [0, 0.1) is 0 Å². The fraction of sp³-hybridized carbons (Fsp3) is 0.407. The number of anilines is 1. The number of aromatic nitrogens is 2. The van der Waals surface area contributed by atoms with E-state index >= 15 is 0 Å². The number of nitrogens with zero attached hydrogens (tertiary/aromatic N) is 2. The van der Waals surface area contributed by atoms with Crippen LogP contribution >= 0.6 is 0 Å². The molecule has 2 N–H and O–H groups in total. The number of rotatable bonds is 15. The summed E-state index contributed by atoms with van der Waals surface area (Å²) in [6.45, 7) is 3.42. The number of carbonyl (C=O) groups excluding carboxylic acids is 1. The van der Waals surface area contributed by atoms with Gasteiger partial charge in [-0.1, -0.05) is 63.3 Å². The molecule has 1 heterocycles. The van der Waals surface area contributed by atoms with Crippen LogP contribution < -0.4 is 10.0 Å². The zero-order valence-corrected chi connectivity index (χ0v) is 21.3. The fourth-order valence-electron chi connectivity index (χ4n) is 3.90. The maximum Gasteiger partial charge on any atom is 0.261 e. The monoisotopic (exact) mass is 496 g/mol. The molecule has 0 saturated heterocycles. The Labute approximate surface area is 209 Å². The van der Waals surface area contributed by atoms with Crippen LogP contribution in [0.3, 0.4) is 0 Å². The zero-order chi connectivity index (χ0) is 24.9. The van der Waals surface area contributed by atoms with Crippen molar-refractivity contribution in [2.24, 2.45) is 0 Å². The van der Waals surface area contributed by atoms with Crippen molar-refractivity contribution in [3.63, 3.8) is 0 Å². The second-order valence-electron chi connectivity index (χ2n) is 8.72. The predicted molar refractivity (Wildman–Crippen MR) is 140 cm³/mol. The lowest BCUT2D eigenvalue weighted by atomic mass is 10.1. The van der Waals surface area contributed by atoms with E-state index < -0.39 is 10.0 Å². The number of sulfonamides is 1. The first-order valence-electron chi connectivity index (χ1n) is 12.4. The number of para-hydroxylation sites is 1. The summed E-state index contributed by atoms with van der Waals surface area (Å²) in [4.78, 5) is 16.9. The Bertz CT molecular complexity index is 1140. The Kier molecular flexibility index (Phi) is 10.3. The Morgan fingerprint density at radius 1 is 0.943 bits per heavy atom. The summed E-state index contributed by atoms with van der Waals surface area (Å²) < 4.78 is 30.5. The third-order valence-corrected chi connectivity index (χ3v) is 7.29. The highest BCUT2D eigenvalue weighted by Crippen LogP contribution is 2.21. The fourth-order valence-corrected chi connectivity index (χ4v) is 4.98. The number of amides is 1. The number of aryl methyl sites for hydroxylation is 2. The highest BCUT2D eigenvalue weighted by molar-refractivity contribution is 7.92. The average Bonchev–Trinajstić information content (AvgIpc) is 3.38. The van der Waals surface area contributed by atoms with Gasteiger partial charge in [-0.2, -0.15) is 0 Å². The van der Waals surface area contributed by atoms with Crippen LogP contribution in [0.4, 0.5) is 5.69 Å². The predicted octanol–water partition coefficient (Wildman–Crippen LogP) is 5.41. The Balaban J connectivity index is 1.54. The molecule has 0 aliphatic heterocycles. The van der Waals surface area contributed by atoms with E-state index in [9.17, 15) is 13.2 Å². The third-order valence-electron chi connectivity index (χ3n) is 5.91. The molecule has 35 heavy (non-hydrogen) atoms. The van der Waals surface area contributed by atoms with Gasteiger partial charge in [0.1, 0.15) is 0 Å². The van der Waals surface area contributed by atoms with Crippen molar-refractivity contribution in [3.05, 3.63) is 78.4 Å². The SMILES string of the molecule is CCCCCCCCc1ccc(S(=O)(=O)Nc2ccccc2C(=O)NCCCn2ccnc2)cc1. The van der Waals surface area contributed by atoms with Gasteiger partial charge in [-0.25, -0.2) is 13.4 Å². The van der Waals surface area contributed by atoms with Gasteiger partial charge in [0.05, 0.1) is 22.5 Å². The molecule has 0 saturated carbocycles. The lowest BCUT2D eigenvalue weighted by Crippen LogP contribution is -2.26. The Morgan fingerprint density at radius 2 is 1.69 bits per heavy atom. The molecular weight excluding hydrogens is 460 g/mol. The van der Waals surface area contributed by atoms with E-state index in [1.165, 1.54) is 32.1 Å². The van der Waals surface area contributed by atoms with E-state index in [4.69, 9.17) is 0 Å². The average molecular weight is 497 g/mol. The first-order valence-corrected chi connectivity index (χ1v) is 13.9. The van der Waals surface area contributed by atoms with Gasteiger partial charge >= 0.3 is 0 Å². The zero-order valence-electron chi connectivity index (χ0n) is 20.4. The molecule has 2 aromatic carbocycles. The maximum atomic E-state index is 13.0. The van der Waals surface area contributed by atoms with Gasteiger partial charge in [0, 0.05) is 25.5 Å². The quantitative estimate of drug-likeness (QED) is 0.275. The number of benzene rings is 2. The largest absolute Gasteiger partial charge is 0.352 e. The number of nitrogens with one attached hydrogen (secondary N) is 2. The lowest BCUT2D eigenvalue weighted by molar-refractivity contribution is 0.0953. The van der Waals surface area contributed by atoms with Crippen LogP contribution in [0.2, 0.25) is 0 Å². The van der Waals surface area contributed by atoms with Crippen molar-refractivity contribution in [3.8, 4) is 0 Å². The van der Waals surface area contributed by atoms with Crippen LogP contribution in [-0.4, -0.2) is 30.4 Å². The summed E-state index contributed by atoms with van der Waals surface area (Å²) in [7, 11) is -3.82. The molecule has 1 aromatic heterocycles. The summed E-state index contributed by atoms with van der Waals surface area (Å²) in [6.07, 6.45) is 14.4. The van der Waals surface area contributed by atoms with Crippen LogP contribution in [0.5, 0.6) is 0 Å². The smallest absolute Gasteiger partial charge is 0.261 e. The van der Waals surface area contributed by atoms with Gasteiger partial charge in [0.25, 0.3) is 15.9 Å². The maximum absolute atomic E-state index is 13.0. The van der Waals surface area contributed by atoms with Crippen molar-refractivity contribution in [1.82, 2.24) is 14.9 Å². The molecule has 0 aliphatic rings. The van der Waals surface area contributed by atoms with Crippen LogP contribution in [0.15, 0.2) is 72.1 Å². The number of carbonyl (C=O) groups is 1. The molecular formula is C27H36N4O3S. The first-order chi connectivity index (χ1) is 17.0. The second-order valence-corrected chi connectivity index (χ2v) is 10.4. The first kappa shape index (κ1) is 26.5. The summed E-state index contributed by atoms with van der Waals surface area (Å²) in [5, 5.41) is 2.86. The van der Waals surface area contributed by atoms with Gasteiger partial charge in [-0.3, -0.25) is 9.52 Å². The lowest BCUT2D eigenvalue weighted by Gasteiger charge is -2.13. The van der Waals surface area contributed by atoms with Gasteiger partial charge in [0.15, 0.2) is 0 Å². The van der Waals surface area contributed by atoms with Crippen LogP contribution in [0.25, 0.3) is 0 Å². The van der Waals surface area contributed by atoms with Crippen molar-refractivity contribution >= 4 is 21.6 Å². The minimum atomic E-state index is -3.82. The van der Waals surface area contributed by atoms with E-state index in [1.54, 1.807) is 48.9 Å². The minimum Gasteiger partial charge on any atom is -0.352 e.